The monoisotopic (exact) mass is 341 g/mol. The molecule has 0 aliphatic rings. The van der Waals surface area contributed by atoms with E-state index in [1.807, 2.05) is 0 Å². The molecule has 1 unspecified atom stereocenters. The van der Waals surface area contributed by atoms with E-state index in [4.69, 9.17) is 33.3 Å². The lowest BCUT2D eigenvalue weighted by atomic mass is 9.90. The second-order valence-corrected chi connectivity index (χ2v) is 5.22. The molecule has 118 valence electrons. The van der Waals surface area contributed by atoms with Crippen molar-refractivity contribution in [3.63, 3.8) is 0 Å². The Hall–Kier alpha value is -0.940. The Morgan fingerprint density at radius 1 is 1.38 bits per heavy atom. The van der Waals surface area contributed by atoms with Crippen molar-refractivity contribution in [2.24, 2.45) is 0 Å². The van der Waals surface area contributed by atoms with Gasteiger partial charge in [-0.3, -0.25) is 5.41 Å². The summed E-state index contributed by atoms with van der Waals surface area (Å²) < 4.78 is 44.5. The predicted octanol–water partition coefficient (Wildman–Crippen LogP) is 5.48. The Morgan fingerprint density at radius 2 is 2.05 bits per heavy atom. The van der Waals surface area contributed by atoms with Crippen LogP contribution in [0.15, 0.2) is 18.2 Å². The molecule has 21 heavy (non-hydrogen) atoms. The fourth-order valence-electron chi connectivity index (χ4n) is 2.05. The van der Waals surface area contributed by atoms with Gasteiger partial charge in [-0.1, -0.05) is 11.6 Å². The van der Waals surface area contributed by atoms with Gasteiger partial charge in [0.2, 0.25) is 0 Å². The van der Waals surface area contributed by atoms with Crippen molar-refractivity contribution in [1.29, 1.82) is 5.41 Å². The largest absolute Gasteiger partial charge is 0.481 e. The average molecular weight is 342 g/mol. The summed E-state index contributed by atoms with van der Waals surface area (Å²) in [4.78, 5) is 0. The van der Waals surface area contributed by atoms with E-state index in [-0.39, 0.29) is 23.1 Å². The van der Waals surface area contributed by atoms with Crippen molar-refractivity contribution in [2.45, 2.75) is 31.9 Å². The van der Waals surface area contributed by atoms with Gasteiger partial charge in [-0.05, 0) is 43.5 Å². The minimum Gasteiger partial charge on any atom is -0.481 e. The normalized spacial score (nSPS) is 13.0. The molecule has 7 heteroatoms. The molecule has 1 rings (SSSR count). The number of hydrogen-bond donors (Lipinski definition) is 1. The first-order valence-electron chi connectivity index (χ1n) is 6.45. The maximum atomic E-state index is 13.1. The molecule has 0 heterocycles. The van der Waals surface area contributed by atoms with Gasteiger partial charge in [-0.25, -0.2) is 0 Å². The average Bonchev–Trinajstić information content (AvgIpc) is 2.38. The zero-order valence-corrected chi connectivity index (χ0v) is 12.9. The van der Waals surface area contributed by atoms with E-state index < -0.39 is 17.7 Å². The minimum absolute atomic E-state index is 0.0430. The second-order valence-electron chi connectivity index (χ2n) is 4.41. The van der Waals surface area contributed by atoms with Crippen LogP contribution < -0.4 is 0 Å². The van der Waals surface area contributed by atoms with Crippen LogP contribution >= 0.6 is 23.2 Å². The Kier molecular flexibility index (Phi) is 6.81. The van der Waals surface area contributed by atoms with E-state index in [9.17, 15) is 13.2 Å². The van der Waals surface area contributed by atoms with Crippen LogP contribution in [0.4, 0.5) is 13.2 Å². The molecule has 1 aromatic rings. The highest BCUT2D eigenvalue weighted by Gasteiger charge is 2.36. The summed E-state index contributed by atoms with van der Waals surface area (Å²) in [7, 11) is 0. The van der Waals surface area contributed by atoms with Crippen LogP contribution in [0.2, 0.25) is 5.02 Å². The van der Waals surface area contributed by atoms with E-state index in [1.165, 1.54) is 12.1 Å². The SMILES string of the molecule is CCOC(=N)C(CCCCl)c1cc(Cl)ccc1C(F)(F)F. The molecule has 2 nitrogen and oxygen atoms in total. The summed E-state index contributed by atoms with van der Waals surface area (Å²) in [5, 5.41) is 8.05. The van der Waals surface area contributed by atoms with Gasteiger partial charge < -0.3 is 4.74 Å². The predicted molar refractivity (Wildman–Crippen MR) is 78.5 cm³/mol. The molecule has 0 aliphatic carbocycles. The third-order valence-electron chi connectivity index (χ3n) is 2.94. The highest BCUT2D eigenvalue weighted by molar-refractivity contribution is 6.30. The lowest BCUT2D eigenvalue weighted by Gasteiger charge is -2.22. The van der Waals surface area contributed by atoms with Gasteiger partial charge in [0.05, 0.1) is 18.1 Å². The first-order valence-corrected chi connectivity index (χ1v) is 7.36. The Bertz CT molecular complexity index is 492. The summed E-state index contributed by atoms with van der Waals surface area (Å²) in [6, 6.07) is 3.37. The molecule has 0 aromatic heterocycles. The van der Waals surface area contributed by atoms with Gasteiger partial charge in [-0.15, -0.1) is 11.6 Å². The molecule has 0 saturated heterocycles. The van der Waals surface area contributed by atoms with Gasteiger partial charge >= 0.3 is 6.18 Å². The number of nitrogens with one attached hydrogen (secondary N) is 1. The number of hydrogen-bond acceptors (Lipinski definition) is 2. The topological polar surface area (TPSA) is 33.1 Å². The van der Waals surface area contributed by atoms with Crippen LogP contribution in [0.1, 0.15) is 36.8 Å². The van der Waals surface area contributed by atoms with E-state index in [0.717, 1.165) is 6.07 Å². The molecule has 0 radical (unpaired) electrons. The van der Waals surface area contributed by atoms with E-state index >= 15 is 0 Å². The molecule has 0 saturated carbocycles. The van der Waals surface area contributed by atoms with Crippen molar-refractivity contribution >= 4 is 29.1 Å². The molecular weight excluding hydrogens is 326 g/mol. The lowest BCUT2D eigenvalue weighted by molar-refractivity contribution is -0.138. The summed E-state index contributed by atoms with van der Waals surface area (Å²) in [6.45, 7) is 1.90. The fourth-order valence-corrected chi connectivity index (χ4v) is 2.38. The minimum atomic E-state index is -4.51. The van der Waals surface area contributed by atoms with Crippen LogP contribution in [0, 0.1) is 5.41 Å². The summed E-state index contributed by atoms with van der Waals surface area (Å²) in [6.07, 6.45) is -3.73. The van der Waals surface area contributed by atoms with E-state index in [0.29, 0.717) is 18.7 Å². The Balaban J connectivity index is 3.27. The first kappa shape index (κ1) is 18.1. The van der Waals surface area contributed by atoms with Crippen LogP contribution in [0.25, 0.3) is 0 Å². The third-order valence-corrected chi connectivity index (χ3v) is 3.44. The van der Waals surface area contributed by atoms with E-state index in [1.54, 1.807) is 6.92 Å². The lowest BCUT2D eigenvalue weighted by Crippen LogP contribution is -2.20. The molecule has 0 amide bonds. The van der Waals surface area contributed by atoms with Crippen LogP contribution in [-0.4, -0.2) is 18.4 Å². The molecule has 0 bridgehead atoms. The maximum absolute atomic E-state index is 13.1. The van der Waals surface area contributed by atoms with Crippen molar-refractivity contribution in [1.82, 2.24) is 0 Å². The Morgan fingerprint density at radius 3 is 2.57 bits per heavy atom. The van der Waals surface area contributed by atoms with Crippen LogP contribution in [0.3, 0.4) is 0 Å². The number of halogens is 5. The highest BCUT2D eigenvalue weighted by atomic mass is 35.5. The fraction of sp³-hybridized carbons (Fsp3) is 0.500. The number of alkyl halides is 4. The number of rotatable bonds is 6. The highest BCUT2D eigenvalue weighted by Crippen LogP contribution is 2.38. The second kappa shape index (κ2) is 7.90. The molecule has 1 atom stereocenters. The zero-order chi connectivity index (χ0) is 16.0. The molecule has 1 aromatic carbocycles. The summed E-state index contributed by atoms with van der Waals surface area (Å²) in [5.74, 6) is -0.702. The van der Waals surface area contributed by atoms with Crippen LogP contribution in [-0.2, 0) is 10.9 Å². The quantitative estimate of drug-likeness (QED) is 0.415. The van der Waals surface area contributed by atoms with Gasteiger partial charge in [-0.2, -0.15) is 13.2 Å². The number of ether oxygens (including phenoxy) is 1. The third kappa shape index (κ3) is 5.08. The molecule has 0 fully saturated rings. The number of benzene rings is 1. The van der Waals surface area contributed by atoms with Gasteiger partial charge in [0.1, 0.15) is 0 Å². The standard InChI is InChI=1S/C14H16Cl2F3NO/c1-2-21-13(20)10(4-3-7-15)11-8-9(16)5-6-12(11)14(17,18)19/h5-6,8,10,20H,2-4,7H2,1H3. The van der Waals surface area contributed by atoms with Gasteiger partial charge in [0.25, 0.3) is 0 Å². The van der Waals surface area contributed by atoms with Gasteiger partial charge in [0, 0.05) is 10.9 Å². The van der Waals surface area contributed by atoms with Crippen LogP contribution in [0.5, 0.6) is 0 Å². The summed E-state index contributed by atoms with van der Waals surface area (Å²) >= 11 is 11.4. The summed E-state index contributed by atoms with van der Waals surface area (Å²) in [5.41, 5.74) is -0.838. The Labute approximate surface area is 131 Å². The molecule has 1 N–H and O–H groups in total. The van der Waals surface area contributed by atoms with Crippen molar-refractivity contribution in [3.8, 4) is 0 Å². The molecule has 0 spiro atoms. The smallest absolute Gasteiger partial charge is 0.416 e. The van der Waals surface area contributed by atoms with Crippen molar-refractivity contribution in [3.05, 3.63) is 34.3 Å². The zero-order valence-electron chi connectivity index (χ0n) is 11.4. The van der Waals surface area contributed by atoms with Crippen molar-refractivity contribution < 1.29 is 17.9 Å². The maximum Gasteiger partial charge on any atom is 0.416 e. The molecule has 0 aliphatic heterocycles. The van der Waals surface area contributed by atoms with Gasteiger partial charge in [0.15, 0.2) is 5.90 Å². The first-order chi connectivity index (χ1) is 9.81. The van der Waals surface area contributed by atoms with E-state index in [2.05, 4.69) is 0 Å². The van der Waals surface area contributed by atoms with Crippen molar-refractivity contribution in [2.75, 3.05) is 12.5 Å². The molecular formula is C14H16Cl2F3NO.